The molecule has 1 aliphatic heterocycles. The molecule has 0 spiro atoms. The van der Waals surface area contributed by atoms with Gasteiger partial charge in [-0.15, -0.1) is 0 Å². The van der Waals surface area contributed by atoms with E-state index in [1.807, 2.05) is 0 Å². The Hall–Kier alpha value is -1.94. The Morgan fingerprint density at radius 3 is 2.60 bits per heavy atom. The van der Waals surface area contributed by atoms with Crippen LogP contribution in [-0.2, 0) is 16.3 Å². The first-order valence-electron chi connectivity index (χ1n) is 6.38. The van der Waals surface area contributed by atoms with Gasteiger partial charge in [0.2, 0.25) is 6.08 Å². The van der Waals surface area contributed by atoms with Crippen LogP contribution in [0.3, 0.4) is 0 Å². The third kappa shape index (κ3) is 2.06. The van der Waals surface area contributed by atoms with Gasteiger partial charge < -0.3 is 9.47 Å². The Bertz CT molecular complexity index is 599. The molecule has 0 saturated heterocycles. The van der Waals surface area contributed by atoms with Gasteiger partial charge in [-0.25, -0.2) is 13.6 Å². The van der Waals surface area contributed by atoms with Crippen molar-refractivity contribution < 1.29 is 23.0 Å². The molecule has 0 radical (unpaired) electrons. The van der Waals surface area contributed by atoms with E-state index in [0.29, 0.717) is 37.4 Å². The molecule has 3 rings (SSSR count). The topological polar surface area (TPSA) is 47.9 Å². The molecule has 1 aliphatic carbocycles. The molecule has 0 bridgehead atoms. The van der Waals surface area contributed by atoms with E-state index in [4.69, 9.17) is 9.47 Å². The van der Waals surface area contributed by atoms with E-state index in [-0.39, 0.29) is 11.3 Å². The average Bonchev–Trinajstić information content (AvgIpc) is 3.17. The van der Waals surface area contributed by atoms with Crippen LogP contribution in [-0.4, -0.2) is 19.3 Å². The molecular formula is C14H13F2NO3. The maximum atomic E-state index is 13.6. The smallest absolute Gasteiger partial charge is 0.270 e. The van der Waals surface area contributed by atoms with Gasteiger partial charge in [-0.1, -0.05) is 0 Å². The van der Waals surface area contributed by atoms with Crippen LogP contribution < -0.4 is 9.47 Å². The molecule has 0 amide bonds. The van der Waals surface area contributed by atoms with Gasteiger partial charge in [0.15, 0.2) is 11.5 Å². The number of aliphatic imine (C=N–C) groups is 1. The monoisotopic (exact) mass is 281 g/mol. The predicted octanol–water partition coefficient (Wildman–Crippen LogP) is 2.89. The molecule has 6 heteroatoms. The number of halogens is 2. The van der Waals surface area contributed by atoms with Crippen molar-refractivity contribution in [3.05, 3.63) is 23.3 Å². The quantitative estimate of drug-likeness (QED) is 0.632. The van der Waals surface area contributed by atoms with Crippen LogP contribution in [0.15, 0.2) is 17.1 Å². The summed E-state index contributed by atoms with van der Waals surface area (Å²) >= 11 is 0. The number of ether oxygens (including phenoxy) is 2. The minimum Gasteiger partial charge on any atom is -0.486 e. The summed E-state index contributed by atoms with van der Waals surface area (Å²) in [7, 11) is 0. The molecule has 1 heterocycles. The van der Waals surface area contributed by atoms with E-state index in [2.05, 4.69) is 4.99 Å². The van der Waals surface area contributed by atoms with Crippen LogP contribution in [0.2, 0.25) is 0 Å². The molecule has 0 unspecified atom stereocenters. The molecule has 1 aromatic carbocycles. The van der Waals surface area contributed by atoms with Gasteiger partial charge in [-0.05, 0) is 25.0 Å². The van der Waals surface area contributed by atoms with Crippen LogP contribution in [0, 0.1) is 0 Å². The van der Waals surface area contributed by atoms with Gasteiger partial charge in [0, 0.05) is 18.1 Å². The Kier molecular flexibility index (Phi) is 2.80. The molecule has 2 aliphatic rings. The van der Waals surface area contributed by atoms with Crippen molar-refractivity contribution in [2.75, 3.05) is 13.2 Å². The first-order chi connectivity index (χ1) is 9.46. The zero-order valence-electron chi connectivity index (χ0n) is 10.9. The van der Waals surface area contributed by atoms with Crippen molar-refractivity contribution in [1.29, 1.82) is 0 Å². The number of hydrogen-bond acceptors (Lipinski definition) is 4. The van der Waals surface area contributed by atoms with Crippen LogP contribution in [0.25, 0.3) is 0 Å². The molecule has 106 valence electrons. The van der Waals surface area contributed by atoms with E-state index < -0.39 is 11.5 Å². The Labute approximate surface area is 114 Å². The summed E-state index contributed by atoms with van der Waals surface area (Å²) in [5, 5.41) is 0. The lowest BCUT2D eigenvalue weighted by Gasteiger charge is -2.25. The second-order valence-electron chi connectivity index (χ2n) is 5.17. The SMILES string of the molecule is CC(F)(F)c1cc2c(c(C3(N=C=O)CC3)c1)OCCO2. The second-order valence-corrected chi connectivity index (χ2v) is 5.17. The lowest BCUT2D eigenvalue weighted by Crippen LogP contribution is -2.20. The third-order valence-corrected chi connectivity index (χ3v) is 3.63. The second kappa shape index (κ2) is 4.28. The molecular weight excluding hydrogens is 268 g/mol. The van der Waals surface area contributed by atoms with Gasteiger partial charge in [0.25, 0.3) is 5.92 Å². The predicted molar refractivity (Wildman–Crippen MR) is 66.0 cm³/mol. The molecule has 0 atom stereocenters. The summed E-state index contributed by atoms with van der Waals surface area (Å²) in [6.45, 7) is 1.49. The fourth-order valence-corrected chi connectivity index (χ4v) is 2.40. The van der Waals surface area contributed by atoms with Crippen molar-refractivity contribution in [2.45, 2.75) is 31.2 Å². The van der Waals surface area contributed by atoms with Crippen molar-refractivity contribution >= 4 is 6.08 Å². The number of carbonyl (C=O) groups excluding carboxylic acids is 1. The van der Waals surface area contributed by atoms with Crippen molar-refractivity contribution in [3.63, 3.8) is 0 Å². The van der Waals surface area contributed by atoms with Gasteiger partial charge in [-0.2, -0.15) is 4.99 Å². The van der Waals surface area contributed by atoms with Crippen molar-refractivity contribution in [1.82, 2.24) is 0 Å². The summed E-state index contributed by atoms with van der Waals surface area (Å²) in [6, 6.07) is 2.65. The van der Waals surface area contributed by atoms with Crippen LogP contribution in [0.1, 0.15) is 30.9 Å². The van der Waals surface area contributed by atoms with Crippen LogP contribution in [0.4, 0.5) is 8.78 Å². The maximum absolute atomic E-state index is 13.6. The van der Waals surface area contributed by atoms with Crippen LogP contribution >= 0.6 is 0 Å². The molecule has 1 saturated carbocycles. The van der Waals surface area contributed by atoms with Crippen molar-refractivity contribution in [3.8, 4) is 11.5 Å². The van der Waals surface area contributed by atoms with E-state index in [1.54, 1.807) is 0 Å². The van der Waals surface area contributed by atoms with Crippen LogP contribution in [0.5, 0.6) is 11.5 Å². The third-order valence-electron chi connectivity index (χ3n) is 3.63. The summed E-state index contributed by atoms with van der Waals surface area (Å²) in [5.74, 6) is -2.29. The largest absolute Gasteiger partial charge is 0.486 e. The summed E-state index contributed by atoms with van der Waals surface area (Å²) in [5.41, 5.74) is -0.438. The molecule has 20 heavy (non-hydrogen) atoms. The average molecular weight is 281 g/mol. The first kappa shape index (κ1) is 13.1. The molecule has 4 nitrogen and oxygen atoms in total. The van der Waals surface area contributed by atoms with Crippen molar-refractivity contribution in [2.24, 2.45) is 4.99 Å². The minimum absolute atomic E-state index is 0.163. The van der Waals surface area contributed by atoms with Gasteiger partial charge in [0.05, 0.1) is 0 Å². The van der Waals surface area contributed by atoms with E-state index >= 15 is 0 Å². The Morgan fingerprint density at radius 2 is 2.00 bits per heavy atom. The molecule has 1 aromatic rings. The lowest BCUT2D eigenvalue weighted by atomic mass is 9.97. The standard InChI is InChI=1S/C14H13F2NO3/c1-13(15,16)9-6-10(14(2-3-14)17-8-18)12-11(7-9)19-4-5-20-12/h6-7H,2-5H2,1H3. The number of isocyanates is 1. The number of rotatable bonds is 3. The fourth-order valence-electron chi connectivity index (χ4n) is 2.40. The normalized spacial score (nSPS) is 19.1. The molecule has 1 fully saturated rings. The van der Waals surface area contributed by atoms with Gasteiger partial charge in [0.1, 0.15) is 18.8 Å². The highest BCUT2D eigenvalue weighted by Crippen LogP contribution is 2.55. The van der Waals surface area contributed by atoms with E-state index in [0.717, 1.165) is 6.92 Å². The lowest BCUT2D eigenvalue weighted by molar-refractivity contribution is 0.0167. The van der Waals surface area contributed by atoms with Gasteiger partial charge in [-0.3, -0.25) is 0 Å². The fraction of sp³-hybridized carbons (Fsp3) is 0.500. The Balaban J connectivity index is 2.19. The summed E-state index contributed by atoms with van der Waals surface area (Å²) in [4.78, 5) is 14.4. The highest BCUT2D eigenvalue weighted by atomic mass is 19.3. The van der Waals surface area contributed by atoms with E-state index in [1.165, 1.54) is 18.2 Å². The Morgan fingerprint density at radius 1 is 1.30 bits per heavy atom. The zero-order chi connectivity index (χ0) is 14.4. The molecule has 0 N–H and O–H groups in total. The zero-order valence-corrected chi connectivity index (χ0v) is 10.9. The number of benzene rings is 1. The summed E-state index contributed by atoms with van der Waals surface area (Å²) in [6.07, 6.45) is 2.77. The summed E-state index contributed by atoms with van der Waals surface area (Å²) < 4.78 is 38.1. The number of nitrogens with zero attached hydrogens (tertiary/aromatic N) is 1. The first-order valence-corrected chi connectivity index (χ1v) is 6.38. The maximum Gasteiger partial charge on any atom is 0.270 e. The molecule has 0 aromatic heterocycles. The highest BCUT2D eigenvalue weighted by Gasteiger charge is 2.48. The van der Waals surface area contributed by atoms with Gasteiger partial charge >= 0.3 is 0 Å². The highest BCUT2D eigenvalue weighted by molar-refractivity contribution is 5.57. The number of fused-ring (bicyclic) bond motifs is 1. The minimum atomic E-state index is -2.99. The number of alkyl halides is 2. The number of hydrogen-bond donors (Lipinski definition) is 0. The van der Waals surface area contributed by atoms with E-state index in [9.17, 15) is 13.6 Å².